The van der Waals surface area contributed by atoms with Crippen LogP contribution in [0, 0.1) is 5.82 Å². The monoisotopic (exact) mass is 422 g/mol. The number of hydrogen-bond acceptors (Lipinski definition) is 6. The molecular weight excluding hydrogens is 391 g/mol. The lowest BCUT2D eigenvalue weighted by Crippen LogP contribution is -2.16. The van der Waals surface area contributed by atoms with E-state index >= 15 is 0 Å². The van der Waals surface area contributed by atoms with Crippen molar-refractivity contribution in [2.45, 2.75) is 69.9 Å². The van der Waals surface area contributed by atoms with Crippen molar-refractivity contribution < 1.29 is 9.18 Å². The first-order valence-electron chi connectivity index (χ1n) is 9.84. The molecule has 0 unspecified atom stereocenters. The molecule has 0 aliphatic heterocycles. The van der Waals surface area contributed by atoms with E-state index in [1.807, 2.05) is 6.92 Å². The zero-order valence-electron chi connectivity index (χ0n) is 17.6. The van der Waals surface area contributed by atoms with Gasteiger partial charge in [0.15, 0.2) is 10.8 Å². The van der Waals surface area contributed by atoms with Crippen LogP contribution in [0.2, 0.25) is 0 Å². The second-order valence-corrected chi connectivity index (χ2v) is 8.12. The number of carbonyl (C=O) groups is 1. The third kappa shape index (κ3) is 4.96. The molecule has 0 radical (unpaired) electrons. The molecule has 29 heavy (non-hydrogen) atoms. The molecule has 9 heteroatoms. The summed E-state index contributed by atoms with van der Waals surface area (Å²) in [4.78, 5) is 15.7. The van der Waals surface area contributed by atoms with Crippen LogP contribution in [0.4, 0.5) is 10.1 Å². The summed E-state index contributed by atoms with van der Waals surface area (Å²) in [6.07, 6.45) is 7.59. The zero-order valence-corrected chi connectivity index (χ0v) is 18.4. The lowest BCUT2D eigenvalue weighted by Gasteiger charge is -2.20. The van der Waals surface area contributed by atoms with Crippen LogP contribution in [0.3, 0.4) is 0 Å². The van der Waals surface area contributed by atoms with Gasteiger partial charge in [-0.2, -0.15) is 5.10 Å². The fraction of sp³-hybridized carbons (Fsp3) is 0.550. The number of rotatable bonds is 4. The lowest BCUT2D eigenvalue weighted by molar-refractivity contribution is -0.105. The molecule has 7 nitrogen and oxygen atoms in total. The summed E-state index contributed by atoms with van der Waals surface area (Å²) in [6, 6.07) is 0. The van der Waals surface area contributed by atoms with Gasteiger partial charge in [0.25, 0.3) is 0 Å². The van der Waals surface area contributed by atoms with Gasteiger partial charge in [-0.1, -0.05) is 13.8 Å². The van der Waals surface area contributed by atoms with Gasteiger partial charge in [0, 0.05) is 17.7 Å². The number of anilines is 1. The number of amides is 1. The van der Waals surface area contributed by atoms with Gasteiger partial charge >= 0.3 is 0 Å². The standard InChI is InChI=1S/C14H18N2O.C5H8FN3S.CH5N/c1-14(2)7-6-10-12(15-8-17)9-4-3-5-11(9)16-13(10)14;1-2-9-3-4(6)5(8-9)10-7;1-2/h8H,3-7H2,1-2H3,(H,15,16,17);3H,2,7H2,1H3;2H2,1H3. The van der Waals surface area contributed by atoms with Crippen LogP contribution in [-0.2, 0) is 36.0 Å². The third-order valence-corrected chi connectivity index (χ3v) is 5.79. The number of fused-ring (bicyclic) bond motifs is 2. The maximum Gasteiger partial charge on any atom is 0.211 e. The molecule has 2 aromatic rings. The molecule has 4 rings (SSSR count). The summed E-state index contributed by atoms with van der Waals surface area (Å²) in [7, 11) is 1.50. The van der Waals surface area contributed by atoms with E-state index in [0.29, 0.717) is 6.54 Å². The van der Waals surface area contributed by atoms with Crippen LogP contribution in [0.25, 0.3) is 0 Å². The van der Waals surface area contributed by atoms with Crippen LogP contribution < -0.4 is 16.2 Å². The quantitative estimate of drug-likeness (QED) is 0.516. The largest absolute Gasteiger partial charge is 0.333 e. The Hall–Kier alpha value is -1.97. The number of carbonyl (C=O) groups excluding carboxylic acids is 1. The van der Waals surface area contributed by atoms with Crippen LogP contribution in [0.1, 0.15) is 56.1 Å². The number of nitrogens with one attached hydrogen (secondary N) is 1. The summed E-state index contributed by atoms with van der Waals surface area (Å²) in [6.45, 7) is 7.05. The van der Waals surface area contributed by atoms with Gasteiger partial charge in [-0.15, -0.1) is 0 Å². The molecule has 0 atom stereocenters. The van der Waals surface area contributed by atoms with E-state index in [2.05, 4.69) is 30.0 Å². The molecule has 5 N–H and O–H groups in total. The van der Waals surface area contributed by atoms with Gasteiger partial charge in [0.05, 0.1) is 17.6 Å². The Labute approximate surface area is 176 Å². The molecule has 0 aromatic carbocycles. The minimum Gasteiger partial charge on any atom is -0.333 e. The molecule has 2 aliphatic carbocycles. The molecule has 0 saturated heterocycles. The molecule has 2 aromatic heterocycles. The van der Waals surface area contributed by atoms with Gasteiger partial charge in [-0.05, 0) is 69.2 Å². The fourth-order valence-corrected chi connectivity index (χ4v) is 4.15. The van der Waals surface area contributed by atoms with Crippen LogP contribution in [-0.4, -0.2) is 28.2 Å². The first kappa shape index (κ1) is 23.3. The molecule has 2 heterocycles. The normalized spacial score (nSPS) is 15.4. The summed E-state index contributed by atoms with van der Waals surface area (Å²) in [5.74, 6) is -0.352. The molecule has 160 valence electrons. The summed E-state index contributed by atoms with van der Waals surface area (Å²) >= 11 is 0.825. The molecule has 2 aliphatic rings. The second kappa shape index (κ2) is 10.2. The van der Waals surface area contributed by atoms with Gasteiger partial charge < -0.3 is 11.1 Å². The van der Waals surface area contributed by atoms with Crippen molar-refractivity contribution in [2.75, 3.05) is 12.4 Å². The fourth-order valence-electron chi connectivity index (χ4n) is 3.84. The van der Waals surface area contributed by atoms with Crippen molar-refractivity contribution >= 4 is 24.0 Å². The van der Waals surface area contributed by atoms with Crippen molar-refractivity contribution in [1.82, 2.24) is 14.8 Å². The molecule has 0 saturated carbocycles. The minimum absolute atomic E-state index is 0.159. The topological polar surface area (TPSA) is 112 Å². The van der Waals surface area contributed by atoms with E-state index < -0.39 is 0 Å². The highest BCUT2D eigenvalue weighted by molar-refractivity contribution is 7.97. The molecule has 0 fully saturated rings. The van der Waals surface area contributed by atoms with Gasteiger partial charge in [-0.3, -0.25) is 19.6 Å². The number of aromatic nitrogens is 3. The summed E-state index contributed by atoms with van der Waals surface area (Å²) in [5.41, 5.74) is 10.7. The highest BCUT2D eigenvalue weighted by atomic mass is 32.2. The first-order valence-corrected chi connectivity index (χ1v) is 10.7. The number of nitrogens with zero attached hydrogens (tertiary/aromatic N) is 3. The Bertz CT molecular complexity index is 852. The molecule has 0 bridgehead atoms. The highest BCUT2D eigenvalue weighted by Crippen LogP contribution is 2.43. The Morgan fingerprint density at radius 3 is 2.59 bits per heavy atom. The smallest absolute Gasteiger partial charge is 0.211 e. The minimum atomic E-state index is -0.352. The SMILES string of the molecule is CC1(C)CCc2c1nc1c(c2NC=O)CCC1.CCn1cc(F)c(SN)n1.CN. The van der Waals surface area contributed by atoms with Gasteiger partial charge in [0.2, 0.25) is 6.41 Å². The van der Waals surface area contributed by atoms with E-state index in [0.717, 1.165) is 49.7 Å². The van der Waals surface area contributed by atoms with Crippen LogP contribution >= 0.6 is 11.9 Å². The van der Waals surface area contributed by atoms with Crippen molar-refractivity contribution in [2.24, 2.45) is 10.9 Å². The summed E-state index contributed by atoms with van der Waals surface area (Å²) < 4.78 is 14.1. The Balaban J connectivity index is 0.000000215. The molecular formula is C20H31FN6OS. The van der Waals surface area contributed by atoms with Crippen molar-refractivity contribution in [3.63, 3.8) is 0 Å². The zero-order chi connectivity index (χ0) is 21.6. The van der Waals surface area contributed by atoms with E-state index in [4.69, 9.17) is 10.1 Å². The van der Waals surface area contributed by atoms with E-state index in [9.17, 15) is 9.18 Å². The molecule has 1 amide bonds. The lowest BCUT2D eigenvalue weighted by atomic mass is 9.90. The average molecular weight is 423 g/mol. The Morgan fingerprint density at radius 2 is 2.03 bits per heavy atom. The van der Waals surface area contributed by atoms with Crippen LogP contribution in [0.5, 0.6) is 0 Å². The van der Waals surface area contributed by atoms with E-state index in [-0.39, 0.29) is 16.3 Å². The maximum atomic E-state index is 12.6. The Morgan fingerprint density at radius 1 is 1.31 bits per heavy atom. The number of nitrogens with two attached hydrogens (primary N) is 2. The Kier molecular flexibility index (Phi) is 8.18. The first-order chi connectivity index (χ1) is 13.9. The third-order valence-electron chi connectivity index (χ3n) is 5.29. The van der Waals surface area contributed by atoms with Gasteiger partial charge in [-0.25, -0.2) is 4.39 Å². The number of hydrogen-bond donors (Lipinski definition) is 3. The van der Waals surface area contributed by atoms with Crippen molar-refractivity contribution in [3.05, 3.63) is 34.5 Å². The van der Waals surface area contributed by atoms with Crippen LogP contribution in [0.15, 0.2) is 11.2 Å². The van der Waals surface area contributed by atoms with E-state index in [1.54, 1.807) is 0 Å². The van der Waals surface area contributed by atoms with Gasteiger partial charge in [0.1, 0.15) is 0 Å². The van der Waals surface area contributed by atoms with Crippen molar-refractivity contribution in [1.29, 1.82) is 0 Å². The summed E-state index contributed by atoms with van der Waals surface area (Å²) in [5, 5.41) is 12.1. The number of pyridine rings is 1. The number of halogens is 1. The second-order valence-electron chi connectivity index (χ2n) is 7.49. The number of aryl methyl sites for hydroxylation is 2. The maximum absolute atomic E-state index is 12.6. The average Bonchev–Trinajstić information content (AvgIpc) is 3.41. The van der Waals surface area contributed by atoms with Crippen molar-refractivity contribution in [3.8, 4) is 0 Å². The van der Waals surface area contributed by atoms with E-state index in [1.165, 1.54) is 46.9 Å². The predicted molar refractivity (Wildman–Crippen MR) is 115 cm³/mol. The highest BCUT2D eigenvalue weighted by Gasteiger charge is 2.35. The predicted octanol–water partition coefficient (Wildman–Crippen LogP) is 2.95. The molecule has 0 spiro atoms.